The monoisotopic (exact) mass is 362 g/mol. The highest BCUT2D eigenvalue weighted by Crippen LogP contribution is 2.28. The molecule has 2 aromatic carbocycles. The SMILES string of the molecule is O=C(NCCN1C(=O)c2cccc(Cl)c2C1=O)c1ccccc1Cl. The first kappa shape index (κ1) is 16.5. The topological polar surface area (TPSA) is 66.5 Å². The molecule has 3 amide bonds. The first-order valence-electron chi connectivity index (χ1n) is 7.18. The van der Waals surface area contributed by atoms with E-state index in [1.165, 1.54) is 0 Å². The molecule has 1 aliphatic rings. The van der Waals surface area contributed by atoms with Crippen molar-refractivity contribution in [2.75, 3.05) is 13.1 Å². The summed E-state index contributed by atoms with van der Waals surface area (Å²) in [6, 6.07) is 11.4. The number of rotatable bonds is 4. The molecule has 122 valence electrons. The maximum atomic E-state index is 12.3. The van der Waals surface area contributed by atoms with E-state index in [4.69, 9.17) is 23.2 Å². The minimum atomic E-state index is -0.451. The van der Waals surface area contributed by atoms with Crippen molar-refractivity contribution in [1.29, 1.82) is 0 Å². The first-order valence-corrected chi connectivity index (χ1v) is 7.93. The van der Waals surface area contributed by atoms with Gasteiger partial charge in [-0.15, -0.1) is 0 Å². The summed E-state index contributed by atoms with van der Waals surface area (Å²) >= 11 is 11.9. The zero-order valence-electron chi connectivity index (χ0n) is 12.4. The molecular formula is C17H12Cl2N2O3. The maximum Gasteiger partial charge on any atom is 0.263 e. The van der Waals surface area contributed by atoms with Crippen LogP contribution in [-0.2, 0) is 0 Å². The Balaban J connectivity index is 1.65. The van der Waals surface area contributed by atoms with Crippen LogP contribution in [0.1, 0.15) is 31.1 Å². The summed E-state index contributed by atoms with van der Waals surface area (Å²) in [5, 5.41) is 3.23. The smallest absolute Gasteiger partial charge is 0.263 e. The van der Waals surface area contributed by atoms with Gasteiger partial charge >= 0.3 is 0 Å². The standard InChI is InChI=1S/C17H12Cl2N2O3/c18-12-6-2-1-4-10(12)15(22)20-8-9-21-16(23)11-5-3-7-13(19)14(11)17(21)24/h1-7H,8-9H2,(H,20,22). The summed E-state index contributed by atoms with van der Waals surface area (Å²) in [6.45, 7) is 0.173. The van der Waals surface area contributed by atoms with E-state index in [0.717, 1.165) is 4.90 Å². The molecule has 0 unspecified atom stereocenters. The van der Waals surface area contributed by atoms with E-state index in [9.17, 15) is 14.4 Å². The fourth-order valence-electron chi connectivity index (χ4n) is 2.52. The summed E-state index contributed by atoms with van der Waals surface area (Å²) in [7, 11) is 0. The van der Waals surface area contributed by atoms with Crippen LogP contribution in [0.25, 0.3) is 0 Å². The average Bonchev–Trinajstić information content (AvgIpc) is 2.81. The van der Waals surface area contributed by atoms with Crippen molar-refractivity contribution in [3.8, 4) is 0 Å². The number of nitrogens with one attached hydrogen (secondary N) is 1. The molecular weight excluding hydrogens is 351 g/mol. The normalized spacial score (nSPS) is 13.2. The minimum absolute atomic E-state index is 0.0544. The largest absolute Gasteiger partial charge is 0.350 e. The lowest BCUT2D eigenvalue weighted by Crippen LogP contribution is -2.38. The van der Waals surface area contributed by atoms with Crippen molar-refractivity contribution >= 4 is 40.9 Å². The van der Waals surface area contributed by atoms with Gasteiger partial charge in [-0.25, -0.2) is 0 Å². The molecule has 0 atom stereocenters. The highest BCUT2D eigenvalue weighted by Gasteiger charge is 2.36. The first-order chi connectivity index (χ1) is 11.5. The summed E-state index contributed by atoms with van der Waals surface area (Å²) in [5.41, 5.74) is 0.830. The predicted octanol–water partition coefficient (Wildman–Crippen LogP) is 3.02. The van der Waals surface area contributed by atoms with E-state index in [-0.39, 0.29) is 35.1 Å². The Bertz CT molecular complexity index is 851. The molecule has 0 fully saturated rings. The second-order valence-electron chi connectivity index (χ2n) is 5.16. The summed E-state index contributed by atoms with van der Waals surface area (Å²) in [4.78, 5) is 37.7. The molecule has 0 bridgehead atoms. The van der Waals surface area contributed by atoms with Crippen LogP contribution in [0.3, 0.4) is 0 Å². The zero-order chi connectivity index (χ0) is 17.3. The van der Waals surface area contributed by atoms with Crippen molar-refractivity contribution in [3.63, 3.8) is 0 Å². The van der Waals surface area contributed by atoms with Crippen LogP contribution in [0, 0.1) is 0 Å². The number of hydrogen-bond acceptors (Lipinski definition) is 3. The maximum absolute atomic E-state index is 12.3. The van der Waals surface area contributed by atoms with E-state index in [1.807, 2.05) is 0 Å². The summed E-state index contributed by atoms with van der Waals surface area (Å²) < 4.78 is 0. The van der Waals surface area contributed by atoms with Gasteiger partial charge in [0.05, 0.1) is 26.7 Å². The highest BCUT2D eigenvalue weighted by atomic mass is 35.5. The van der Waals surface area contributed by atoms with Gasteiger partial charge in [-0.05, 0) is 24.3 Å². The number of nitrogens with zero attached hydrogens (tertiary/aromatic N) is 1. The van der Waals surface area contributed by atoms with Crippen LogP contribution in [0.4, 0.5) is 0 Å². The predicted molar refractivity (Wildman–Crippen MR) is 90.6 cm³/mol. The Morgan fingerprint density at radius 1 is 0.958 bits per heavy atom. The molecule has 5 nitrogen and oxygen atoms in total. The fraction of sp³-hybridized carbons (Fsp3) is 0.118. The molecule has 0 aliphatic carbocycles. The number of carbonyl (C=O) groups is 3. The molecule has 7 heteroatoms. The van der Waals surface area contributed by atoms with E-state index >= 15 is 0 Å². The molecule has 1 aliphatic heterocycles. The second kappa shape index (κ2) is 6.63. The highest BCUT2D eigenvalue weighted by molar-refractivity contribution is 6.37. The van der Waals surface area contributed by atoms with Crippen LogP contribution in [-0.4, -0.2) is 35.7 Å². The van der Waals surface area contributed by atoms with E-state index in [1.54, 1.807) is 42.5 Å². The third-order valence-corrected chi connectivity index (χ3v) is 4.33. The van der Waals surface area contributed by atoms with E-state index in [0.29, 0.717) is 10.6 Å². The molecule has 0 saturated carbocycles. The molecule has 0 aromatic heterocycles. The molecule has 1 heterocycles. The van der Waals surface area contributed by atoms with Crippen LogP contribution >= 0.6 is 23.2 Å². The fourth-order valence-corrected chi connectivity index (χ4v) is 2.99. The Morgan fingerprint density at radius 3 is 2.38 bits per heavy atom. The number of amides is 3. The number of halogens is 2. The van der Waals surface area contributed by atoms with Crippen molar-refractivity contribution in [3.05, 3.63) is 69.2 Å². The van der Waals surface area contributed by atoms with Gasteiger partial charge in [-0.3, -0.25) is 19.3 Å². The third kappa shape index (κ3) is 2.88. The van der Waals surface area contributed by atoms with Crippen molar-refractivity contribution in [1.82, 2.24) is 10.2 Å². The number of carbonyl (C=O) groups excluding carboxylic acids is 3. The van der Waals surface area contributed by atoms with Crippen LogP contribution in [0.2, 0.25) is 10.0 Å². The number of hydrogen-bond donors (Lipinski definition) is 1. The molecule has 1 N–H and O–H groups in total. The van der Waals surface area contributed by atoms with Gasteiger partial charge in [0.1, 0.15) is 0 Å². The second-order valence-corrected chi connectivity index (χ2v) is 5.97. The van der Waals surface area contributed by atoms with Gasteiger partial charge < -0.3 is 5.32 Å². The Morgan fingerprint density at radius 2 is 1.67 bits per heavy atom. The average molecular weight is 363 g/mol. The Labute approximate surface area is 148 Å². The lowest BCUT2D eigenvalue weighted by molar-refractivity contribution is 0.0650. The number of imide groups is 1. The van der Waals surface area contributed by atoms with Crippen molar-refractivity contribution in [2.24, 2.45) is 0 Å². The molecule has 3 rings (SSSR count). The minimum Gasteiger partial charge on any atom is -0.350 e. The summed E-state index contributed by atoms with van der Waals surface area (Å²) in [5.74, 6) is -1.23. The van der Waals surface area contributed by atoms with Gasteiger partial charge in [0.2, 0.25) is 0 Å². The van der Waals surface area contributed by atoms with E-state index in [2.05, 4.69) is 5.32 Å². The van der Waals surface area contributed by atoms with E-state index < -0.39 is 11.8 Å². The number of benzene rings is 2. The molecule has 2 aromatic rings. The summed E-state index contributed by atoms with van der Waals surface area (Å²) in [6.07, 6.45) is 0. The quantitative estimate of drug-likeness (QED) is 0.850. The van der Waals surface area contributed by atoms with Gasteiger partial charge in [0.25, 0.3) is 17.7 Å². The Kier molecular flexibility index (Phi) is 4.55. The molecule has 0 radical (unpaired) electrons. The van der Waals surface area contributed by atoms with Crippen LogP contribution in [0.15, 0.2) is 42.5 Å². The van der Waals surface area contributed by atoms with Gasteiger partial charge in [-0.2, -0.15) is 0 Å². The zero-order valence-corrected chi connectivity index (χ0v) is 13.9. The third-order valence-electron chi connectivity index (χ3n) is 3.69. The van der Waals surface area contributed by atoms with Crippen LogP contribution < -0.4 is 5.32 Å². The van der Waals surface area contributed by atoms with Crippen molar-refractivity contribution in [2.45, 2.75) is 0 Å². The molecule has 24 heavy (non-hydrogen) atoms. The molecule has 0 spiro atoms. The van der Waals surface area contributed by atoms with Gasteiger partial charge in [0.15, 0.2) is 0 Å². The van der Waals surface area contributed by atoms with Crippen molar-refractivity contribution < 1.29 is 14.4 Å². The number of fused-ring (bicyclic) bond motifs is 1. The van der Waals surface area contributed by atoms with Crippen LogP contribution in [0.5, 0.6) is 0 Å². The molecule has 0 saturated heterocycles. The lowest BCUT2D eigenvalue weighted by Gasteiger charge is -2.14. The van der Waals surface area contributed by atoms with Gasteiger partial charge in [-0.1, -0.05) is 41.4 Å². The lowest BCUT2D eigenvalue weighted by atomic mass is 10.1. The Hall–Kier alpha value is -2.37. The van der Waals surface area contributed by atoms with Gasteiger partial charge in [0, 0.05) is 13.1 Å².